The van der Waals surface area contributed by atoms with Gasteiger partial charge in [-0.1, -0.05) is 41.1 Å². The van der Waals surface area contributed by atoms with E-state index in [4.69, 9.17) is 0 Å². The monoisotopic (exact) mass is 338 g/mol. The first kappa shape index (κ1) is 15.5. The van der Waals surface area contributed by atoms with Crippen LogP contribution in [-0.2, 0) is 4.79 Å². The fourth-order valence-electron chi connectivity index (χ4n) is 2.92. The van der Waals surface area contributed by atoms with Crippen molar-refractivity contribution in [3.63, 3.8) is 0 Å². The van der Waals surface area contributed by atoms with Gasteiger partial charge in [0.05, 0.1) is 0 Å². The van der Waals surface area contributed by atoms with Crippen molar-refractivity contribution in [1.29, 1.82) is 0 Å². The molecule has 3 nitrogen and oxygen atoms in total. The normalized spacial score (nSPS) is 24.5. The van der Waals surface area contributed by atoms with Gasteiger partial charge in [-0.2, -0.15) is 0 Å². The van der Waals surface area contributed by atoms with Crippen LogP contribution in [0.5, 0.6) is 0 Å². The van der Waals surface area contributed by atoms with E-state index in [9.17, 15) is 4.79 Å². The zero-order valence-electron chi connectivity index (χ0n) is 12.4. The Labute approximate surface area is 129 Å². The molecule has 0 radical (unpaired) electrons. The van der Waals surface area contributed by atoms with Crippen LogP contribution in [0, 0.1) is 5.92 Å². The fourth-order valence-corrected chi connectivity index (χ4v) is 3.54. The van der Waals surface area contributed by atoms with E-state index in [0.717, 1.165) is 24.0 Å². The Bertz CT molecular complexity index is 477. The number of amides is 1. The fraction of sp³-hybridized carbons (Fsp3) is 0.562. The van der Waals surface area contributed by atoms with Crippen molar-refractivity contribution in [2.75, 3.05) is 13.1 Å². The van der Waals surface area contributed by atoms with Crippen LogP contribution < -0.4 is 5.32 Å². The molecular formula is C16H23BrN2O. The van der Waals surface area contributed by atoms with E-state index in [1.165, 1.54) is 5.56 Å². The van der Waals surface area contributed by atoms with E-state index >= 15 is 0 Å². The summed E-state index contributed by atoms with van der Waals surface area (Å²) < 4.78 is 1.15. The van der Waals surface area contributed by atoms with Crippen molar-refractivity contribution in [3.05, 3.63) is 34.3 Å². The number of rotatable bonds is 3. The molecule has 20 heavy (non-hydrogen) atoms. The van der Waals surface area contributed by atoms with E-state index in [-0.39, 0.29) is 5.91 Å². The summed E-state index contributed by atoms with van der Waals surface area (Å²) in [6.07, 6.45) is 1.02. The number of benzene rings is 1. The molecule has 1 N–H and O–H groups in total. The summed E-state index contributed by atoms with van der Waals surface area (Å²) in [6, 6.07) is 9.11. The number of likely N-dealkylation sites (tertiary alicyclic amines) is 1. The summed E-state index contributed by atoms with van der Waals surface area (Å²) in [7, 11) is 0. The van der Waals surface area contributed by atoms with Gasteiger partial charge in [-0.3, -0.25) is 4.79 Å². The molecule has 1 saturated heterocycles. The molecule has 3 atom stereocenters. The van der Waals surface area contributed by atoms with Crippen molar-refractivity contribution in [1.82, 2.24) is 10.2 Å². The molecule has 0 spiro atoms. The molecule has 1 aliphatic heterocycles. The number of hydrogen-bond acceptors (Lipinski definition) is 2. The average Bonchev–Trinajstić information content (AvgIpc) is 2.41. The first-order valence-corrected chi connectivity index (χ1v) is 8.04. The highest BCUT2D eigenvalue weighted by molar-refractivity contribution is 9.10. The summed E-state index contributed by atoms with van der Waals surface area (Å²) in [4.78, 5) is 13.4. The molecule has 0 aromatic heterocycles. The number of carbonyl (C=O) groups is 1. The maximum Gasteiger partial charge on any atom is 0.219 e. The summed E-state index contributed by atoms with van der Waals surface area (Å²) in [6.45, 7) is 7.80. The number of hydrogen-bond donors (Lipinski definition) is 1. The number of carbonyl (C=O) groups excluding carboxylic acids is 1. The summed E-state index contributed by atoms with van der Waals surface area (Å²) in [5.74, 6) is 0.673. The Balaban J connectivity index is 1.97. The second-order valence-electron chi connectivity index (χ2n) is 5.75. The maximum absolute atomic E-state index is 11.4. The van der Waals surface area contributed by atoms with Crippen LogP contribution in [0.1, 0.15) is 38.8 Å². The molecule has 0 unspecified atom stereocenters. The highest BCUT2D eigenvalue weighted by Crippen LogP contribution is 2.25. The first-order valence-electron chi connectivity index (χ1n) is 7.25. The molecule has 4 heteroatoms. The minimum atomic E-state index is 0.189. The van der Waals surface area contributed by atoms with Gasteiger partial charge in [0.1, 0.15) is 0 Å². The van der Waals surface area contributed by atoms with Crippen LogP contribution >= 0.6 is 15.9 Å². The number of nitrogens with one attached hydrogen (secondary N) is 1. The lowest BCUT2D eigenvalue weighted by Gasteiger charge is -2.38. The van der Waals surface area contributed by atoms with E-state index in [0.29, 0.717) is 18.0 Å². The molecule has 0 saturated carbocycles. The van der Waals surface area contributed by atoms with Crippen molar-refractivity contribution in [2.45, 2.75) is 39.3 Å². The van der Waals surface area contributed by atoms with Crippen LogP contribution in [0.25, 0.3) is 0 Å². The lowest BCUT2D eigenvalue weighted by molar-refractivity contribution is -0.130. The van der Waals surface area contributed by atoms with Gasteiger partial charge >= 0.3 is 0 Å². The second kappa shape index (κ2) is 6.72. The summed E-state index contributed by atoms with van der Waals surface area (Å²) in [5.41, 5.74) is 1.29. The SMILES string of the molecule is CC(=O)N1CC[C@H](N[C@@H](C)c2ccccc2Br)[C@H](C)C1. The summed E-state index contributed by atoms with van der Waals surface area (Å²) >= 11 is 3.61. The van der Waals surface area contributed by atoms with Crippen molar-refractivity contribution >= 4 is 21.8 Å². The van der Waals surface area contributed by atoms with E-state index in [1.54, 1.807) is 6.92 Å². The number of piperidine rings is 1. The molecular weight excluding hydrogens is 316 g/mol. The van der Waals surface area contributed by atoms with Gasteiger partial charge in [0.15, 0.2) is 0 Å². The maximum atomic E-state index is 11.4. The molecule has 1 aliphatic rings. The van der Waals surface area contributed by atoms with Gasteiger partial charge in [-0.15, -0.1) is 0 Å². The largest absolute Gasteiger partial charge is 0.343 e. The van der Waals surface area contributed by atoms with Crippen molar-refractivity contribution in [3.8, 4) is 0 Å². The second-order valence-corrected chi connectivity index (χ2v) is 6.60. The number of halogens is 1. The Hall–Kier alpha value is -0.870. The van der Waals surface area contributed by atoms with Gasteiger partial charge < -0.3 is 10.2 Å². The minimum Gasteiger partial charge on any atom is -0.343 e. The van der Waals surface area contributed by atoms with Crippen molar-refractivity contribution < 1.29 is 4.79 Å². The van der Waals surface area contributed by atoms with E-state index in [1.807, 2.05) is 11.0 Å². The van der Waals surface area contributed by atoms with Crippen LogP contribution in [0.15, 0.2) is 28.7 Å². The molecule has 2 rings (SSSR count). The first-order chi connectivity index (χ1) is 9.49. The lowest BCUT2D eigenvalue weighted by atomic mass is 9.92. The zero-order chi connectivity index (χ0) is 14.7. The van der Waals surface area contributed by atoms with Crippen LogP contribution in [-0.4, -0.2) is 29.9 Å². The molecule has 1 aromatic carbocycles. The standard InChI is InChI=1S/C16H23BrN2O/c1-11-10-19(13(3)20)9-8-16(11)18-12(2)14-6-4-5-7-15(14)17/h4-7,11-12,16,18H,8-10H2,1-3H3/t11-,12+,16+/m1/s1. The highest BCUT2D eigenvalue weighted by Gasteiger charge is 2.28. The third-order valence-electron chi connectivity index (χ3n) is 4.19. The molecule has 1 heterocycles. The number of nitrogens with zero attached hydrogens (tertiary/aromatic N) is 1. The zero-order valence-corrected chi connectivity index (χ0v) is 14.0. The highest BCUT2D eigenvalue weighted by atomic mass is 79.9. The Morgan fingerprint density at radius 3 is 2.75 bits per heavy atom. The van der Waals surface area contributed by atoms with Gasteiger partial charge in [-0.25, -0.2) is 0 Å². The van der Waals surface area contributed by atoms with Gasteiger partial charge in [0.2, 0.25) is 5.91 Å². The van der Waals surface area contributed by atoms with Crippen molar-refractivity contribution in [2.24, 2.45) is 5.92 Å². The summed E-state index contributed by atoms with van der Waals surface area (Å²) in [5, 5.41) is 3.72. The average molecular weight is 339 g/mol. The molecule has 1 fully saturated rings. The van der Waals surface area contributed by atoms with Crippen LogP contribution in [0.3, 0.4) is 0 Å². The molecule has 0 bridgehead atoms. The van der Waals surface area contributed by atoms with Crippen LogP contribution in [0.4, 0.5) is 0 Å². The quantitative estimate of drug-likeness (QED) is 0.916. The topological polar surface area (TPSA) is 32.3 Å². The third kappa shape index (κ3) is 3.61. The van der Waals surface area contributed by atoms with Crippen LogP contribution in [0.2, 0.25) is 0 Å². The van der Waals surface area contributed by atoms with E-state index in [2.05, 4.69) is 53.3 Å². The third-order valence-corrected chi connectivity index (χ3v) is 4.91. The Kier molecular flexibility index (Phi) is 5.22. The molecule has 0 aliphatic carbocycles. The Morgan fingerprint density at radius 2 is 2.15 bits per heavy atom. The minimum absolute atomic E-state index is 0.189. The van der Waals surface area contributed by atoms with Gasteiger partial charge in [0.25, 0.3) is 0 Å². The predicted octanol–water partition coefficient (Wildman–Crippen LogP) is 3.36. The van der Waals surface area contributed by atoms with Gasteiger partial charge in [0, 0.05) is 36.6 Å². The lowest BCUT2D eigenvalue weighted by Crippen LogP contribution is -2.50. The van der Waals surface area contributed by atoms with Gasteiger partial charge in [-0.05, 0) is 30.9 Å². The predicted molar refractivity (Wildman–Crippen MR) is 85.5 cm³/mol. The Morgan fingerprint density at radius 1 is 1.45 bits per heavy atom. The molecule has 110 valence electrons. The van der Waals surface area contributed by atoms with E-state index < -0.39 is 0 Å². The molecule has 1 amide bonds. The molecule has 1 aromatic rings. The smallest absolute Gasteiger partial charge is 0.219 e.